The quantitative estimate of drug-likeness (QED) is 0.517. The lowest BCUT2D eigenvalue weighted by molar-refractivity contribution is -0.113. The average Bonchev–Trinajstić information content (AvgIpc) is 3.11. The van der Waals surface area contributed by atoms with Gasteiger partial charge >= 0.3 is 0 Å². The Morgan fingerprint density at radius 1 is 1.21 bits per heavy atom. The number of hydrogen-bond donors (Lipinski definition) is 1. The number of halogens is 1. The predicted molar refractivity (Wildman–Crippen MR) is 117 cm³/mol. The molecule has 3 rings (SSSR count). The summed E-state index contributed by atoms with van der Waals surface area (Å²) in [6.45, 7) is 6.84. The number of nitrogens with one attached hydrogen (secondary N) is 1. The Kier molecular flexibility index (Phi) is 6.85. The van der Waals surface area contributed by atoms with E-state index in [0.29, 0.717) is 0 Å². The Bertz CT molecular complexity index is 974. The molecule has 0 aliphatic heterocycles. The van der Waals surface area contributed by atoms with Gasteiger partial charge in [0.1, 0.15) is 0 Å². The summed E-state index contributed by atoms with van der Waals surface area (Å²) < 4.78 is 3.03. The van der Waals surface area contributed by atoms with E-state index in [9.17, 15) is 4.79 Å². The number of carbonyl (C=O) groups is 1. The largest absolute Gasteiger partial charge is 0.325 e. The van der Waals surface area contributed by atoms with Gasteiger partial charge in [0.15, 0.2) is 11.0 Å². The molecule has 6 nitrogen and oxygen atoms in total. The minimum absolute atomic E-state index is 0.0544. The summed E-state index contributed by atoms with van der Waals surface area (Å²) >= 11 is 4.90. The molecule has 1 N–H and O–H groups in total. The van der Waals surface area contributed by atoms with Crippen molar-refractivity contribution < 1.29 is 4.79 Å². The van der Waals surface area contributed by atoms with Crippen LogP contribution in [-0.2, 0) is 17.8 Å². The molecule has 28 heavy (non-hydrogen) atoms. The molecule has 0 bridgehead atoms. The average molecular weight is 460 g/mol. The Balaban J connectivity index is 1.72. The standard InChI is InChI=1S/C20H22BrN5OS/c1-4-14-11-16(21)10-13(3)18(14)23-17(27)12-28-20-25-24-19(26(20)5-2)15-6-8-22-9-7-15/h6-11H,4-5,12H2,1-3H3,(H,23,27). The number of aryl methyl sites for hydroxylation is 2. The maximum absolute atomic E-state index is 12.6. The molecule has 146 valence electrons. The fraction of sp³-hybridized carbons (Fsp3) is 0.300. The zero-order valence-corrected chi connectivity index (χ0v) is 18.5. The van der Waals surface area contributed by atoms with Gasteiger partial charge in [-0.05, 0) is 55.7 Å². The second-order valence-electron chi connectivity index (χ2n) is 6.23. The topological polar surface area (TPSA) is 72.7 Å². The lowest BCUT2D eigenvalue weighted by atomic mass is 10.1. The van der Waals surface area contributed by atoms with Crippen LogP contribution in [0.15, 0.2) is 46.3 Å². The van der Waals surface area contributed by atoms with Gasteiger partial charge in [-0.15, -0.1) is 10.2 Å². The van der Waals surface area contributed by atoms with Crippen molar-refractivity contribution in [2.45, 2.75) is 38.9 Å². The first-order valence-electron chi connectivity index (χ1n) is 9.08. The van der Waals surface area contributed by atoms with Crippen molar-refractivity contribution in [1.29, 1.82) is 0 Å². The number of thioether (sulfide) groups is 1. The van der Waals surface area contributed by atoms with Crippen LogP contribution in [0.1, 0.15) is 25.0 Å². The van der Waals surface area contributed by atoms with Gasteiger partial charge in [0.2, 0.25) is 5.91 Å². The van der Waals surface area contributed by atoms with E-state index in [2.05, 4.69) is 43.4 Å². The number of nitrogens with zero attached hydrogens (tertiary/aromatic N) is 4. The lowest BCUT2D eigenvalue weighted by Crippen LogP contribution is -2.16. The number of hydrogen-bond acceptors (Lipinski definition) is 5. The second kappa shape index (κ2) is 9.34. The number of carbonyl (C=O) groups excluding carboxylic acids is 1. The van der Waals surface area contributed by atoms with E-state index in [1.165, 1.54) is 11.8 Å². The van der Waals surface area contributed by atoms with Gasteiger partial charge in [0.05, 0.1) is 5.75 Å². The normalized spacial score (nSPS) is 10.9. The van der Waals surface area contributed by atoms with Crippen LogP contribution in [0.5, 0.6) is 0 Å². The highest BCUT2D eigenvalue weighted by atomic mass is 79.9. The summed E-state index contributed by atoms with van der Waals surface area (Å²) in [6, 6.07) is 7.86. The van der Waals surface area contributed by atoms with Crippen LogP contribution in [0.2, 0.25) is 0 Å². The predicted octanol–water partition coefficient (Wildman–Crippen LogP) is 4.72. The molecule has 0 aliphatic rings. The Morgan fingerprint density at radius 2 is 1.96 bits per heavy atom. The van der Waals surface area contributed by atoms with Crippen molar-refractivity contribution in [3.8, 4) is 11.4 Å². The number of amides is 1. The summed E-state index contributed by atoms with van der Waals surface area (Å²) in [4.78, 5) is 16.6. The highest BCUT2D eigenvalue weighted by Crippen LogP contribution is 2.27. The van der Waals surface area contributed by atoms with Crippen LogP contribution in [-0.4, -0.2) is 31.4 Å². The zero-order chi connectivity index (χ0) is 20.1. The monoisotopic (exact) mass is 459 g/mol. The molecular formula is C20H22BrN5OS. The molecule has 0 unspecified atom stereocenters. The number of rotatable bonds is 7. The van der Waals surface area contributed by atoms with Crippen LogP contribution < -0.4 is 5.32 Å². The molecule has 2 heterocycles. The van der Waals surface area contributed by atoms with Crippen LogP contribution in [0.4, 0.5) is 5.69 Å². The van der Waals surface area contributed by atoms with Crippen molar-refractivity contribution in [3.05, 3.63) is 52.3 Å². The van der Waals surface area contributed by atoms with Crippen molar-refractivity contribution in [1.82, 2.24) is 19.7 Å². The lowest BCUT2D eigenvalue weighted by Gasteiger charge is -2.14. The number of aromatic nitrogens is 4. The summed E-state index contributed by atoms with van der Waals surface area (Å²) in [6.07, 6.45) is 4.31. The van der Waals surface area contributed by atoms with Crippen LogP contribution in [0, 0.1) is 6.92 Å². The van der Waals surface area contributed by atoms with Crippen molar-refractivity contribution in [2.75, 3.05) is 11.1 Å². The van der Waals surface area contributed by atoms with E-state index in [4.69, 9.17) is 0 Å². The van der Waals surface area contributed by atoms with E-state index in [0.717, 1.165) is 50.8 Å². The highest BCUT2D eigenvalue weighted by molar-refractivity contribution is 9.10. The minimum atomic E-state index is -0.0544. The van der Waals surface area contributed by atoms with E-state index in [1.807, 2.05) is 42.7 Å². The summed E-state index contributed by atoms with van der Waals surface area (Å²) in [7, 11) is 0. The van der Waals surface area contributed by atoms with Gasteiger partial charge in [-0.2, -0.15) is 0 Å². The third-order valence-electron chi connectivity index (χ3n) is 4.33. The first-order chi connectivity index (χ1) is 13.5. The number of pyridine rings is 1. The molecule has 0 radical (unpaired) electrons. The van der Waals surface area contributed by atoms with E-state index >= 15 is 0 Å². The Labute approximate surface area is 177 Å². The number of benzene rings is 1. The smallest absolute Gasteiger partial charge is 0.234 e. The van der Waals surface area contributed by atoms with Crippen LogP contribution >= 0.6 is 27.7 Å². The molecular weight excluding hydrogens is 438 g/mol. The highest BCUT2D eigenvalue weighted by Gasteiger charge is 2.16. The number of anilines is 1. The van der Waals surface area contributed by atoms with Crippen LogP contribution in [0.25, 0.3) is 11.4 Å². The van der Waals surface area contributed by atoms with Gasteiger partial charge in [-0.25, -0.2) is 0 Å². The molecule has 2 aromatic heterocycles. The van der Waals surface area contributed by atoms with E-state index in [-0.39, 0.29) is 11.7 Å². The van der Waals surface area contributed by atoms with Gasteiger partial charge in [-0.1, -0.05) is 34.6 Å². The molecule has 3 aromatic rings. The third-order valence-corrected chi connectivity index (χ3v) is 5.76. The van der Waals surface area contributed by atoms with Gasteiger partial charge in [0.25, 0.3) is 0 Å². The van der Waals surface area contributed by atoms with Crippen molar-refractivity contribution in [3.63, 3.8) is 0 Å². The molecule has 0 atom stereocenters. The SMILES string of the molecule is CCc1cc(Br)cc(C)c1NC(=O)CSc1nnc(-c2ccncc2)n1CC. The van der Waals surface area contributed by atoms with E-state index in [1.54, 1.807) is 12.4 Å². The third kappa shape index (κ3) is 4.62. The second-order valence-corrected chi connectivity index (χ2v) is 8.09. The molecule has 0 fully saturated rings. The maximum atomic E-state index is 12.6. The van der Waals surface area contributed by atoms with E-state index < -0.39 is 0 Å². The molecule has 8 heteroatoms. The summed E-state index contributed by atoms with van der Waals surface area (Å²) in [5, 5.41) is 12.4. The fourth-order valence-electron chi connectivity index (χ4n) is 2.97. The first-order valence-corrected chi connectivity index (χ1v) is 10.9. The molecule has 1 amide bonds. The molecule has 0 spiro atoms. The zero-order valence-electron chi connectivity index (χ0n) is 16.1. The molecule has 0 saturated carbocycles. The van der Waals surface area contributed by atoms with Gasteiger partial charge < -0.3 is 9.88 Å². The maximum Gasteiger partial charge on any atom is 0.234 e. The fourth-order valence-corrected chi connectivity index (χ4v) is 4.39. The minimum Gasteiger partial charge on any atom is -0.325 e. The molecule has 0 saturated heterocycles. The summed E-state index contributed by atoms with van der Waals surface area (Å²) in [5.74, 6) is 0.999. The van der Waals surface area contributed by atoms with Gasteiger partial charge in [-0.3, -0.25) is 9.78 Å². The Morgan fingerprint density at radius 3 is 2.64 bits per heavy atom. The molecule has 1 aromatic carbocycles. The Hall–Kier alpha value is -2.19. The van der Waals surface area contributed by atoms with Crippen molar-refractivity contribution >= 4 is 39.3 Å². The van der Waals surface area contributed by atoms with Crippen molar-refractivity contribution in [2.24, 2.45) is 0 Å². The molecule has 0 aliphatic carbocycles. The summed E-state index contributed by atoms with van der Waals surface area (Å²) in [5.41, 5.74) is 4.01. The first kappa shape index (κ1) is 20.5. The van der Waals surface area contributed by atoms with Gasteiger partial charge in [0, 0.05) is 34.7 Å². The van der Waals surface area contributed by atoms with Crippen LogP contribution in [0.3, 0.4) is 0 Å².